The number of H-pyrrole nitrogens is 1. The van der Waals surface area contributed by atoms with E-state index < -0.39 is 0 Å². The number of nitrogens with one attached hydrogen (secondary N) is 1. The van der Waals surface area contributed by atoms with E-state index in [1.165, 1.54) is 0 Å². The van der Waals surface area contributed by atoms with E-state index in [-0.39, 0.29) is 0 Å². The summed E-state index contributed by atoms with van der Waals surface area (Å²) in [7, 11) is 2.19. The molecule has 1 N–H and O–H groups in total. The van der Waals surface area contributed by atoms with Crippen LogP contribution in [0.5, 0.6) is 0 Å². The lowest BCUT2D eigenvalue weighted by atomic mass is 10.0. The minimum atomic E-state index is 0.467. The Morgan fingerprint density at radius 1 is 0.963 bits per heavy atom. The average molecular weight is 382 g/mol. The van der Waals surface area contributed by atoms with E-state index in [2.05, 4.69) is 40.8 Å². The first kappa shape index (κ1) is 18.0. The van der Waals surface area contributed by atoms with E-state index in [9.17, 15) is 0 Å². The monoisotopic (exact) mass is 381 g/mol. The highest BCUT2D eigenvalue weighted by molar-refractivity contribution is 6.30. The quantitative estimate of drug-likeness (QED) is 0.734. The van der Waals surface area contributed by atoms with Crippen LogP contribution >= 0.6 is 11.6 Å². The molecule has 1 aliphatic heterocycles. The van der Waals surface area contributed by atoms with Crippen molar-refractivity contribution >= 4 is 17.4 Å². The Morgan fingerprint density at radius 2 is 1.59 bits per heavy atom. The molecule has 6 heteroatoms. The fraction of sp³-hybridized carbons (Fsp3) is 0.333. The summed E-state index contributed by atoms with van der Waals surface area (Å²) in [5, 5.41) is 8.74. The minimum absolute atomic E-state index is 0.467. The third kappa shape index (κ3) is 3.45. The van der Waals surface area contributed by atoms with Gasteiger partial charge < -0.3 is 4.90 Å². The topological polar surface area (TPSA) is 48.1 Å². The summed E-state index contributed by atoms with van der Waals surface area (Å²) in [5.41, 5.74) is 4.30. The Bertz CT molecular complexity index is 894. The van der Waals surface area contributed by atoms with Gasteiger partial charge in [0.2, 0.25) is 0 Å². The van der Waals surface area contributed by atoms with Crippen molar-refractivity contribution in [2.24, 2.45) is 0 Å². The molecule has 0 amide bonds. The highest BCUT2D eigenvalue weighted by Crippen LogP contribution is 2.38. The molecular formula is C21H24ClN5. The first-order chi connectivity index (χ1) is 13.0. The molecule has 3 aromatic rings. The number of hydrogen-bond donors (Lipinski definition) is 1. The van der Waals surface area contributed by atoms with Crippen LogP contribution in [0.25, 0.3) is 22.4 Å². The Hall–Kier alpha value is -2.37. The van der Waals surface area contributed by atoms with Gasteiger partial charge in [-0.3, -0.25) is 15.0 Å². The van der Waals surface area contributed by atoms with E-state index in [4.69, 9.17) is 16.7 Å². The molecule has 1 aromatic carbocycles. The van der Waals surface area contributed by atoms with E-state index >= 15 is 0 Å². The van der Waals surface area contributed by atoms with Crippen molar-refractivity contribution in [3.63, 3.8) is 0 Å². The lowest BCUT2D eigenvalue weighted by Gasteiger charge is -2.42. The smallest absolute Gasteiger partial charge is 0.159 e. The first-order valence-electron chi connectivity index (χ1n) is 9.26. The second-order valence-electron chi connectivity index (χ2n) is 7.31. The summed E-state index contributed by atoms with van der Waals surface area (Å²) in [6.45, 7) is 6.43. The van der Waals surface area contributed by atoms with Crippen LogP contribution in [0.15, 0.2) is 48.8 Å². The molecule has 0 bridgehead atoms. The number of aromatic nitrogens is 3. The maximum absolute atomic E-state index is 6.08. The lowest BCUT2D eigenvalue weighted by molar-refractivity contribution is 0.169. The van der Waals surface area contributed by atoms with E-state index in [0.717, 1.165) is 46.3 Å². The molecule has 5 nitrogen and oxygen atoms in total. The van der Waals surface area contributed by atoms with E-state index in [0.29, 0.717) is 12.1 Å². The number of likely N-dealkylation sites (N-methyl/N-ethyl adjacent to an activating group) is 1. The molecule has 2 aromatic heterocycles. The predicted octanol–water partition coefficient (Wildman–Crippen LogP) is 4.32. The van der Waals surface area contributed by atoms with Gasteiger partial charge in [-0.05, 0) is 50.7 Å². The Balaban J connectivity index is 1.82. The number of piperazine rings is 1. The van der Waals surface area contributed by atoms with Gasteiger partial charge in [0.05, 0.1) is 11.3 Å². The molecule has 0 saturated carbocycles. The highest BCUT2D eigenvalue weighted by atomic mass is 35.5. The number of halogens is 1. The third-order valence-corrected chi connectivity index (χ3v) is 5.76. The van der Waals surface area contributed by atoms with Crippen LogP contribution < -0.4 is 4.90 Å². The Morgan fingerprint density at radius 3 is 2.22 bits per heavy atom. The summed E-state index contributed by atoms with van der Waals surface area (Å²) in [4.78, 5) is 8.99. The van der Waals surface area contributed by atoms with Gasteiger partial charge in [0.1, 0.15) is 0 Å². The maximum Gasteiger partial charge on any atom is 0.159 e. The molecule has 1 fully saturated rings. The minimum Gasteiger partial charge on any atom is -0.352 e. The molecule has 2 atom stereocenters. The zero-order chi connectivity index (χ0) is 19.0. The van der Waals surface area contributed by atoms with Gasteiger partial charge in [-0.25, -0.2) is 0 Å². The SMILES string of the molecule is CC1CN(c2n[nH]c(-c3ccc(Cl)cc3)c2-c2ccncc2)CC(C)N1C. The zero-order valence-corrected chi connectivity index (χ0v) is 16.6. The molecule has 1 saturated heterocycles. The maximum atomic E-state index is 6.08. The van der Waals surface area contributed by atoms with Crippen molar-refractivity contribution in [3.8, 4) is 22.4 Å². The van der Waals surface area contributed by atoms with Gasteiger partial charge in [-0.2, -0.15) is 5.10 Å². The van der Waals surface area contributed by atoms with Crippen LogP contribution in [0.3, 0.4) is 0 Å². The number of hydrogen-bond acceptors (Lipinski definition) is 4. The van der Waals surface area contributed by atoms with Crippen LogP contribution in [0, 0.1) is 0 Å². The van der Waals surface area contributed by atoms with Crippen LogP contribution in [-0.4, -0.2) is 52.3 Å². The molecule has 0 radical (unpaired) electrons. The Labute approximate surface area is 165 Å². The van der Waals surface area contributed by atoms with Crippen molar-refractivity contribution in [1.82, 2.24) is 20.1 Å². The van der Waals surface area contributed by atoms with E-state index in [1.807, 2.05) is 48.8 Å². The normalized spacial score (nSPS) is 20.8. The summed E-state index contributed by atoms with van der Waals surface area (Å²) in [6.07, 6.45) is 3.65. The Kier molecular flexibility index (Phi) is 4.89. The van der Waals surface area contributed by atoms with Gasteiger partial charge in [-0.1, -0.05) is 23.7 Å². The van der Waals surface area contributed by atoms with E-state index in [1.54, 1.807) is 0 Å². The van der Waals surface area contributed by atoms with Gasteiger partial charge in [0.15, 0.2) is 5.82 Å². The average Bonchev–Trinajstić information content (AvgIpc) is 3.12. The number of anilines is 1. The van der Waals surface area contributed by atoms with Crippen molar-refractivity contribution in [1.29, 1.82) is 0 Å². The summed E-state index contributed by atoms with van der Waals surface area (Å²) < 4.78 is 0. The fourth-order valence-electron chi connectivity index (χ4n) is 3.76. The number of aromatic amines is 1. The zero-order valence-electron chi connectivity index (χ0n) is 15.9. The molecule has 0 spiro atoms. The number of benzene rings is 1. The van der Waals surface area contributed by atoms with Crippen molar-refractivity contribution in [2.45, 2.75) is 25.9 Å². The third-order valence-electron chi connectivity index (χ3n) is 5.51. The molecule has 2 unspecified atom stereocenters. The lowest BCUT2D eigenvalue weighted by Crippen LogP contribution is -2.55. The molecule has 3 heterocycles. The second kappa shape index (κ2) is 7.33. The second-order valence-corrected chi connectivity index (χ2v) is 7.74. The van der Waals surface area contributed by atoms with Crippen molar-refractivity contribution < 1.29 is 0 Å². The number of nitrogens with zero attached hydrogens (tertiary/aromatic N) is 4. The van der Waals surface area contributed by atoms with Gasteiger partial charge >= 0.3 is 0 Å². The van der Waals surface area contributed by atoms with Gasteiger partial charge in [0, 0.05) is 48.2 Å². The standard InChI is InChI=1S/C21H24ClN5/c1-14-12-27(13-15(2)26(14)3)21-19(16-8-10-23-11-9-16)20(24-25-21)17-4-6-18(22)7-5-17/h4-11,14-15H,12-13H2,1-3H3,(H,24,25). The van der Waals surface area contributed by atoms with Crippen LogP contribution in [0.1, 0.15) is 13.8 Å². The number of rotatable bonds is 3. The molecule has 140 valence electrons. The van der Waals surface area contributed by atoms with Gasteiger partial charge in [0.25, 0.3) is 0 Å². The van der Waals surface area contributed by atoms with Crippen molar-refractivity contribution in [3.05, 3.63) is 53.8 Å². The van der Waals surface area contributed by atoms with Crippen molar-refractivity contribution in [2.75, 3.05) is 25.0 Å². The molecule has 4 rings (SSSR count). The summed E-state index contributed by atoms with van der Waals surface area (Å²) in [6, 6.07) is 12.9. The summed E-state index contributed by atoms with van der Waals surface area (Å²) >= 11 is 6.08. The van der Waals surface area contributed by atoms with Crippen LogP contribution in [0.2, 0.25) is 5.02 Å². The van der Waals surface area contributed by atoms with Crippen LogP contribution in [0.4, 0.5) is 5.82 Å². The highest BCUT2D eigenvalue weighted by Gasteiger charge is 2.30. The predicted molar refractivity (Wildman–Crippen MR) is 111 cm³/mol. The molecule has 1 aliphatic rings. The number of pyridine rings is 1. The largest absolute Gasteiger partial charge is 0.352 e. The first-order valence-corrected chi connectivity index (χ1v) is 9.64. The molecular weight excluding hydrogens is 358 g/mol. The molecule has 27 heavy (non-hydrogen) atoms. The van der Waals surface area contributed by atoms with Crippen LogP contribution in [-0.2, 0) is 0 Å². The van der Waals surface area contributed by atoms with Gasteiger partial charge in [-0.15, -0.1) is 0 Å². The fourth-order valence-corrected chi connectivity index (χ4v) is 3.88. The molecule has 0 aliphatic carbocycles. The summed E-state index contributed by atoms with van der Waals surface area (Å²) in [5.74, 6) is 0.998.